The molecule has 3 atom stereocenters. The lowest BCUT2D eigenvalue weighted by molar-refractivity contribution is 0.0699. The van der Waals surface area contributed by atoms with Crippen LogP contribution in [0.25, 0.3) is 0 Å². The molecule has 0 bridgehead atoms. The number of methoxy groups -OCH3 is 1. The second-order valence-corrected chi connectivity index (χ2v) is 8.18. The number of nitrogens with two attached hydrogens (primary N) is 1. The summed E-state index contributed by atoms with van der Waals surface area (Å²) < 4.78 is 5.84. The maximum absolute atomic E-state index is 8.32. The molecule has 1 aromatic heterocycles. The van der Waals surface area contributed by atoms with Crippen LogP contribution in [0.2, 0.25) is 0 Å². The number of aryl methyl sites for hydroxylation is 2. The van der Waals surface area contributed by atoms with E-state index < -0.39 is 6.17 Å². The van der Waals surface area contributed by atoms with Gasteiger partial charge >= 0.3 is 5.90 Å². The van der Waals surface area contributed by atoms with Crippen LogP contribution in [0.1, 0.15) is 69.2 Å². The second kappa shape index (κ2) is 11.5. The first-order valence-corrected chi connectivity index (χ1v) is 10.9. The molecule has 0 spiro atoms. The molecule has 0 aromatic carbocycles. The summed E-state index contributed by atoms with van der Waals surface area (Å²) in [6, 6.07) is 2.82. The van der Waals surface area contributed by atoms with Crippen molar-refractivity contribution < 1.29 is 9.84 Å². The minimum absolute atomic E-state index is 0.0118. The number of aliphatic imine (C=N–C) groups is 1. The Hall–Kier alpha value is -1.70. The largest absolute Gasteiger partial charge is 0.578 e. The molecular formula is C22H40N5O2+. The zero-order valence-corrected chi connectivity index (χ0v) is 18.7. The molecule has 2 rings (SSSR count). The Kier molecular flexibility index (Phi) is 9.33. The molecule has 6 N–H and O–H groups in total. The SMILES string of the molecule is CC[C@@H](NC1CCCCC1)[C@H](CNc1nc(C)c(C)cc1/C([OH2+])=N/C(C)N)OC. The van der Waals surface area contributed by atoms with Gasteiger partial charge in [-0.3, -0.25) is 0 Å². The highest BCUT2D eigenvalue weighted by Gasteiger charge is 2.25. The highest BCUT2D eigenvalue weighted by molar-refractivity contribution is 5.97. The number of hydrogen-bond acceptors (Lipinski definition) is 6. The number of rotatable bonds is 10. The zero-order chi connectivity index (χ0) is 21.4. The Morgan fingerprint density at radius 3 is 2.62 bits per heavy atom. The van der Waals surface area contributed by atoms with E-state index in [1.54, 1.807) is 14.0 Å². The molecule has 1 aliphatic rings. The molecule has 7 heteroatoms. The van der Waals surface area contributed by atoms with Crippen molar-refractivity contribution in [3.05, 3.63) is 22.9 Å². The number of nitrogens with one attached hydrogen (secondary N) is 2. The first-order chi connectivity index (χ1) is 13.8. The van der Waals surface area contributed by atoms with E-state index in [1.165, 1.54) is 32.1 Å². The normalized spacial score (nSPS) is 19.0. The van der Waals surface area contributed by atoms with E-state index in [4.69, 9.17) is 15.6 Å². The molecule has 1 saturated carbocycles. The number of nitrogens with zero attached hydrogens (tertiary/aromatic N) is 2. The number of hydrogen-bond donors (Lipinski definition) is 3. The first kappa shape index (κ1) is 23.6. The summed E-state index contributed by atoms with van der Waals surface area (Å²) in [5.41, 5.74) is 8.40. The quantitative estimate of drug-likeness (QED) is 0.314. The third-order valence-corrected chi connectivity index (χ3v) is 5.77. The van der Waals surface area contributed by atoms with Crippen LogP contribution >= 0.6 is 0 Å². The molecule has 29 heavy (non-hydrogen) atoms. The lowest BCUT2D eigenvalue weighted by atomic mass is 9.94. The van der Waals surface area contributed by atoms with Crippen LogP contribution in [0.4, 0.5) is 5.82 Å². The van der Waals surface area contributed by atoms with Crippen LogP contribution in [0.15, 0.2) is 11.1 Å². The average molecular weight is 407 g/mol. The van der Waals surface area contributed by atoms with Gasteiger partial charge in [0.2, 0.25) is 0 Å². The minimum atomic E-state index is -0.423. The number of pyridine rings is 1. The second-order valence-electron chi connectivity index (χ2n) is 8.18. The Morgan fingerprint density at radius 1 is 1.34 bits per heavy atom. The summed E-state index contributed by atoms with van der Waals surface area (Å²) in [6.45, 7) is 8.55. The predicted molar refractivity (Wildman–Crippen MR) is 121 cm³/mol. The van der Waals surface area contributed by atoms with E-state index in [9.17, 15) is 0 Å². The summed E-state index contributed by atoms with van der Waals surface area (Å²) in [5.74, 6) is 0.816. The van der Waals surface area contributed by atoms with E-state index in [-0.39, 0.29) is 18.0 Å². The molecule has 1 heterocycles. The Balaban J connectivity index is 2.13. The standard InChI is InChI=1S/C22H39N5O2/c1-6-19(27-17-10-8-7-9-11-17)20(29-5)13-24-21-18(22(28)26-16(4)23)12-14(2)15(3)25-21/h12,16-17,19-20,27H,6-11,13,23H2,1-5H3,(H,24,25)(H,26,28)/p+1/t16?,19-,20+/m1/s1. The summed E-state index contributed by atoms with van der Waals surface area (Å²) in [5, 5.41) is 15.6. The fourth-order valence-electron chi connectivity index (χ4n) is 3.94. The average Bonchev–Trinajstić information content (AvgIpc) is 2.69. The number of ether oxygens (including phenoxy) is 1. The van der Waals surface area contributed by atoms with E-state index in [0.29, 0.717) is 24.0 Å². The van der Waals surface area contributed by atoms with Crippen LogP contribution in [-0.2, 0) is 4.74 Å². The third kappa shape index (κ3) is 6.94. The van der Waals surface area contributed by atoms with Gasteiger partial charge in [0.25, 0.3) is 0 Å². The Labute approximate surface area is 175 Å². The summed E-state index contributed by atoms with van der Waals surface area (Å²) in [7, 11) is 1.76. The maximum atomic E-state index is 8.32. The molecule has 1 fully saturated rings. The van der Waals surface area contributed by atoms with E-state index in [0.717, 1.165) is 17.7 Å². The Morgan fingerprint density at radius 2 is 2.03 bits per heavy atom. The molecule has 0 amide bonds. The van der Waals surface area contributed by atoms with Gasteiger partial charge in [-0.25, -0.2) is 4.98 Å². The van der Waals surface area contributed by atoms with Crippen molar-refractivity contribution in [2.75, 3.05) is 19.0 Å². The topological polar surface area (TPSA) is 107 Å². The van der Waals surface area contributed by atoms with Gasteiger partial charge in [-0.15, -0.1) is 0 Å². The molecule has 0 radical (unpaired) electrons. The van der Waals surface area contributed by atoms with E-state index in [2.05, 4.69) is 27.5 Å². The monoisotopic (exact) mass is 406 g/mol. The van der Waals surface area contributed by atoms with Crippen molar-refractivity contribution in [2.24, 2.45) is 10.7 Å². The molecule has 7 nitrogen and oxygen atoms in total. The molecule has 0 saturated heterocycles. The summed E-state index contributed by atoms with van der Waals surface area (Å²) >= 11 is 0. The number of anilines is 1. The van der Waals surface area contributed by atoms with Gasteiger partial charge in [-0.05, 0) is 51.7 Å². The van der Waals surface area contributed by atoms with Crippen LogP contribution in [0.3, 0.4) is 0 Å². The molecule has 0 aliphatic heterocycles. The maximum Gasteiger partial charge on any atom is 0.365 e. The van der Waals surface area contributed by atoms with Gasteiger partial charge in [0.1, 0.15) is 17.5 Å². The van der Waals surface area contributed by atoms with Crippen LogP contribution < -0.4 is 16.4 Å². The third-order valence-electron chi connectivity index (χ3n) is 5.77. The summed E-state index contributed by atoms with van der Waals surface area (Å²) in [6.07, 6.45) is 7.06. The van der Waals surface area contributed by atoms with Crippen molar-refractivity contribution in [2.45, 2.75) is 90.6 Å². The minimum Gasteiger partial charge on any atom is -0.578 e. The lowest BCUT2D eigenvalue weighted by Gasteiger charge is -2.32. The van der Waals surface area contributed by atoms with E-state index in [1.807, 2.05) is 19.9 Å². The van der Waals surface area contributed by atoms with Crippen molar-refractivity contribution in [1.82, 2.24) is 10.3 Å². The molecule has 1 unspecified atom stereocenters. The zero-order valence-electron chi connectivity index (χ0n) is 18.7. The predicted octanol–water partition coefficient (Wildman–Crippen LogP) is 2.60. The van der Waals surface area contributed by atoms with Crippen LogP contribution in [0, 0.1) is 13.8 Å². The van der Waals surface area contributed by atoms with Crippen molar-refractivity contribution >= 4 is 11.7 Å². The molecule has 1 aromatic rings. The lowest BCUT2D eigenvalue weighted by Crippen LogP contribution is -2.49. The van der Waals surface area contributed by atoms with Crippen LogP contribution in [-0.4, -0.2) is 54.0 Å². The van der Waals surface area contributed by atoms with Crippen LogP contribution in [0.5, 0.6) is 0 Å². The van der Waals surface area contributed by atoms with Gasteiger partial charge in [0.05, 0.1) is 6.10 Å². The highest BCUT2D eigenvalue weighted by atomic mass is 16.5. The molecule has 1 aliphatic carbocycles. The van der Waals surface area contributed by atoms with Crippen molar-refractivity contribution in [3.8, 4) is 0 Å². The van der Waals surface area contributed by atoms with Gasteiger partial charge in [0, 0.05) is 31.4 Å². The number of aromatic nitrogens is 1. The van der Waals surface area contributed by atoms with Crippen molar-refractivity contribution in [1.29, 1.82) is 0 Å². The van der Waals surface area contributed by atoms with Crippen molar-refractivity contribution in [3.63, 3.8) is 0 Å². The smallest absolute Gasteiger partial charge is 0.365 e. The molecule has 164 valence electrons. The first-order valence-electron chi connectivity index (χ1n) is 10.9. The highest BCUT2D eigenvalue weighted by Crippen LogP contribution is 2.21. The Bertz CT molecular complexity index is 671. The van der Waals surface area contributed by atoms with Gasteiger partial charge < -0.3 is 26.2 Å². The van der Waals surface area contributed by atoms with Gasteiger partial charge in [-0.2, -0.15) is 4.99 Å². The molecular weight excluding hydrogens is 366 g/mol. The van der Waals surface area contributed by atoms with Gasteiger partial charge in [-0.1, -0.05) is 26.2 Å². The summed E-state index contributed by atoms with van der Waals surface area (Å²) in [4.78, 5) is 8.87. The van der Waals surface area contributed by atoms with E-state index >= 15 is 0 Å². The fraction of sp³-hybridized carbons (Fsp3) is 0.727. The van der Waals surface area contributed by atoms with Gasteiger partial charge in [0.15, 0.2) is 0 Å². The fourth-order valence-corrected chi connectivity index (χ4v) is 3.94.